The number of hydrogen-bond donors (Lipinski definition) is 1. The topological polar surface area (TPSA) is 68.3 Å². The van der Waals surface area contributed by atoms with Gasteiger partial charge < -0.3 is 10.1 Å². The van der Waals surface area contributed by atoms with E-state index in [0.29, 0.717) is 33.2 Å². The summed E-state index contributed by atoms with van der Waals surface area (Å²) in [6.45, 7) is 3.50. The van der Waals surface area contributed by atoms with Gasteiger partial charge in [-0.3, -0.25) is 9.78 Å². The van der Waals surface area contributed by atoms with Crippen LogP contribution in [0.5, 0.6) is 0 Å². The Morgan fingerprint density at radius 3 is 2.48 bits per heavy atom. The molecule has 0 spiro atoms. The molecule has 1 N–H and O–H groups in total. The minimum absolute atomic E-state index is 0.205. The summed E-state index contributed by atoms with van der Waals surface area (Å²) in [5.41, 5.74) is 1.44. The monoisotopic (exact) mass is 446 g/mol. The molecule has 166 valence electrons. The zero-order valence-corrected chi connectivity index (χ0v) is 17.9. The quantitative estimate of drug-likeness (QED) is 0.382. The molecule has 7 heteroatoms. The number of nitrogens with one attached hydrogen (secondary N) is 1. The molecule has 0 atom stereocenters. The lowest BCUT2D eigenvalue weighted by Crippen LogP contribution is -2.15. The van der Waals surface area contributed by atoms with Crippen LogP contribution < -0.4 is 5.32 Å². The largest absolute Gasteiger partial charge is 0.459 e. The van der Waals surface area contributed by atoms with Crippen molar-refractivity contribution in [1.29, 1.82) is 0 Å². The van der Waals surface area contributed by atoms with Gasteiger partial charge >= 0.3 is 5.97 Å². The second-order valence-electron chi connectivity index (χ2n) is 7.74. The van der Waals surface area contributed by atoms with E-state index in [0.717, 1.165) is 6.07 Å². The molecule has 0 fully saturated rings. The minimum Gasteiger partial charge on any atom is -0.459 e. The number of hydrogen-bond acceptors (Lipinski definition) is 4. The number of ether oxygens (including phenoxy) is 1. The zero-order chi connectivity index (χ0) is 23.5. The first-order chi connectivity index (χ1) is 15.8. The first kappa shape index (κ1) is 22.1. The van der Waals surface area contributed by atoms with Crippen molar-refractivity contribution in [2.24, 2.45) is 0 Å². The van der Waals surface area contributed by atoms with Crippen molar-refractivity contribution in [3.8, 4) is 11.1 Å². The summed E-state index contributed by atoms with van der Waals surface area (Å²) < 4.78 is 33.3. The maximum absolute atomic E-state index is 14.5. The molecule has 4 aromatic rings. The number of aromatic nitrogens is 1. The molecule has 0 unspecified atom stereocenters. The van der Waals surface area contributed by atoms with Crippen molar-refractivity contribution >= 4 is 28.3 Å². The molecule has 0 saturated carbocycles. The van der Waals surface area contributed by atoms with Gasteiger partial charge in [0.15, 0.2) is 0 Å². The Bertz CT molecular complexity index is 1370. The number of carbonyl (C=O) groups is 2. The Labute approximate surface area is 189 Å². The third-order valence-corrected chi connectivity index (χ3v) is 4.96. The van der Waals surface area contributed by atoms with Crippen LogP contribution in [0, 0.1) is 11.6 Å². The molecule has 4 rings (SSSR count). The Hall–Kier alpha value is -4.13. The number of benzene rings is 3. The van der Waals surface area contributed by atoms with E-state index in [1.54, 1.807) is 44.3 Å². The Balaban J connectivity index is 1.68. The van der Waals surface area contributed by atoms with Crippen LogP contribution in [0.4, 0.5) is 14.5 Å². The molecule has 3 aromatic carbocycles. The number of nitrogens with zero attached hydrogens (tertiary/aromatic N) is 1. The normalized spacial score (nSPS) is 10.9. The fourth-order valence-corrected chi connectivity index (χ4v) is 3.41. The molecule has 0 aliphatic carbocycles. The standard InChI is InChI=1S/C26H20F2N2O3/c1-15(2)33-26(32)18-6-7-19-13-29-14-24(21(19)12-18)30-25(31)22-11-17(8-9-23(22)28)16-4-3-5-20(27)10-16/h3-15H,1-2H3,(H,30,31). The second-order valence-corrected chi connectivity index (χ2v) is 7.74. The number of rotatable bonds is 5. The second kappa shape index (κ2) is 9.16. The first-order valence-corrected chi connectivity index (χ1v) is 10.3. The summed E-state index contributed by atoms with van der Waals surface area (Å²) in [5, 5.41) is 3.91. The third kappa shape index (κ3) is 4.87. The van der Waals surface area contributed by atoms with Crippen LogP contribution in [0.2, 0.25) is 0 Å². The van der Waals surface area contributed by atoms with Gasteiger partial charge in [-0.2, -0.15) is 0 Å². The molecule has 5 nitrogen and oxygen atoms in total. The fourth-order valence-electron chi connectivity index (χ4n) is 3.41. The number of amides is 1. The predicted molar refractivity (Wildman–Crippen MR) is 122 cm³/mol. The van der Waals surface area contributed by atoms with Crippen LogP contribution in [0.15, 0.2) is 73.1 Å². The average molecular weight is 446 g/mol. The van der Waals surface area contributed by atoms with Gasteiger partial charge in [-0.05, 0) is 61.4 Å². The van der Waals surface area contributed by atoms with Gasteiger partial charge in [0.1, 0.15) is 11.6 Å². The van der Waals surface area contributed by atoms with Crippen molar-refractivity contribution in [2.45, 2.75) is 20.0 Å². The van der Waals surface area contributed by atoms with Crippen LogP contribution in [0.3, 0.4) is 0 Å². The molecule has 0 radical (unpaired) electrons. The zero-order valence-electron chi connectivity index (χ0n) is 17.9. The first-order valence-electron chi connectivity index (χ1n) is 10.3. The molecule has 0 saturated heterocycles. The van der Waals surface area contributed by atoms with Crippen LogP contribution in [-0.2, 0) is 4.74 Å². The molecule has 0 bridgehead atoms. The maximum atomic E-state index is 14.5. The number of pyridine rings is 1. The lowest BCUT2D eigenvalue weighted by molar-refractivity contribution is 0.0378. The molecule has 1 aromatic heterocycles. The maximum Gasteiger partial charge on any atom is 0.338 e. The molecule has 0 aliphatic rings. The van der Waals surface area contributed by atoms with Gasteiger partial charge in [-0.15, -0.1) is 0 Å². The van der Waals surface area contributed by atoms with Gasteiger partial charge in [-0.25, -0.2) is 13.6 Å². The lowest BCUT2D eigenvalue weighted by Gasteiger charge is -2.12. The fraction of sp³-hybridized carbons (Fsp3) is 0.115. The Kier molecular flexibility index (Phi) is 6.13. The van der Waals surface area contributed by atoms with Gasteiger partial charge in [0.05, 0.1) is 29.1 Å². The molecular weight excluding hydrogens is 426 g/mol. The van der Waals surface area contributed by atoms with E-state index in [2.05, 4.69) is 10.3 Å². The minimum atomic E-state index is -0.720. The van der Waals surface area contributed by atoms with Crippen molar-refractivity contribution in [3.05, 3.63) is 95.8 Å². The van der Waals surface area contributed by atoms with Crippen molar-refractivity contribution in [1.82, 2.24) is 4.98 Å². The number of carbonyl (C=O) groups excluding carboxylic acids is 2. The van der Waals surface area contributed by atoms with Crippen molar-refractivity contribution < 1.29 is 23.1 Å². The van der Waals surface area contributed by atoms with Crippen molar-refractivity contribution in [3.63, 3.8) is 0 Å². The van der Waals surface area contributed by atoms with Crippen molar-refractivity contribution in [2.75, 3.05) is 5.32 Å². The van der Waals surface area contributed by atoms with Crippen LogP contribution >= 0.6 is 0 Å². The number of anilines is 1. The van der Waals surface area contributed by atoms with Gasteiger partial charge in [0, 0.05) is 17.0 Å². The summed E-state index contributed by atoms with van der Waals surface area (Å²) in [6.07, 6.45) is 2.73. The smallest absolute Gasteiger partial charge is 0.338 e. The van der Waals surface area contributed by atoms with E-state index in [1.165, 1.54) is 36.5 Å². The molecule has 1 heterocycles. The van der Waals surface area contributed by atoms with E-state index in [9.17, 15) is 18.4 Å². The SMILES string of the molecule is CC(C)OC(=O)c1ccc2cncc(NC(=O)c3cc(-c4cccc(F)c4)ccc3F)c2c1. The highest BCUT2D eigenvalue weighted by Gasteiger charge is 2.17. The van der Waals surface area contributed by atoms with Gasteiger partial charge in [-0.1, -0.05) is 24.3 Å². The summed E-state index contributed by atoms with van der Waals surface area (Å²) in [6, 6.07) is 14.7. The van der Waals surface area contributed by atoms with E-state index >= 15 is 0 Å². The van der Waals surface area contributed by atoms with E-state index in [4.69, 9.17) is 4.74 Å². The van der Waals surface area contributed by atoms with Gasteiger partial charge in [0.2, 0.25) is 0 Å². The Morgan fingerprint density at radius 2 is 1.73 bits per heavy atom. The molecule has 1 amide bonds. The summed E-state index contributed by atoms with van der Waals surface area (Å²) in [5.74, 6) is -2.34. The third-order valence-electron chi connectivity index (χ3n) is 4.96. The van der Waals surface area contributed by atoms with E-state index in [1.807, 2.05) is 0 Å². The summed E-state index contributed by atoms with van der Waals surface area (Å²) in [7, 11) is 0. The van der Waals surface area contributed by atoms with Crippen LogP contribution in [0.1, 0.15) is 34.6 Å². The highest BCUT2D eigenvalue weighted by Crippen LogP contribution is 2.27. The molecule has 33 heavy (non-hydrogen) atoms. The van der Waals surface area contributed by atoms with E-state index < -0.39 is 23.5 Å². The number of halogens is 2. The molecule has 0 aliphatic heterocycles. The number of esters is 1. The molecular formula is C26H20F2N2O3. The Morgan fingerprint density at radius 1 is 0.939 bits per heavy atom. The average Bonchev–Trinajstić information content (AvgIpc) is 2.79. The van der Waals surface area contributed by atoms with Gasteiger partial charge in [0.25, 0.3) is 5.91 Å². The summed E-state index contributed by atoms with van der Waals surface area (Å²) in [4.78, 5) is 29.4. The highest BCUT2D eigenvalue weighted by molar-refractivity contribution is 6.10. The van der Waals surface area contributed by atoms with Crippen LogP contribution in [0.25, 0.3) is 21.9 Å². The lowest BCUT2D eigenvalue weighted by atomic mass is 10.0. The van der Waals surface area contributed by atoms with E-state index in [-0.39, 0.29) is 11.7 Å². The highest BCUT2D eigenvalue weighted by atomic mass is 19.1. The number of fused-ring (bicyclic) bond motifs is 1. The van der Waals surface area contributed by atoms with Crippen LogP contribution in [-0.4, -0.2) is 23.0 Å². The predicted octanol–water partition coefficient (Wildman–Crippen LogP) is 6.00. The summed E-state index contributed by atoms with van der Waals surface area (Å²) >= 11 is 0.